The van der Waals surface area contributed by atoms with Gasteiger partial charge in [0.2, 0.25) is 0 Å². The normalized spacial score (nSPS) is 11.4. The molecular formula is C12H13BrN2O2S2. The number of halogens is 1. The molecule has 4 nitrogen and oxygen atoms in total. The molecule has 0 saturated carbocycles. The SMILES string of the molecule is CC(C)(C)OC(=O)Nc1nc(-c2sccc2Br)cs1. The van der Waals surface area contributed by atoms with Gasteiger partial charge in [-0.05, 0) is 48.1 Å². The molecule has 1 amide bonds. The van der Waals surface area contributed by atoms with Gasteiger partial charge in [0.05, 0.1) is 10.6 Å². The summed E-state index contributed by atoms with van der Waals surface area (Å²) in [7, 11) is 0. The van der Waals surface area contributed by atoms with E-state index in [1.165, 1.54) is 11.3 Å². The summed E-state index contributed by atoms with van der Waals surface area (Å²) < 4.78 is 6.18. The van der Waals surface area contributed by atoms with Crippen molar-refractivity contribution in [3.8, 4) is 10.6 Å². The standard InChI is InChI=1S/C12H13BrN2O2S2/c1-12(2,3)17-11(16)15-10-14-8(6-19-10)9-7(13)4-5-18-9/h4-6H,1-3H3,(H,14,15,16). The molecule has 19 heavy (non-hydrogen) atoms. The van der Waals surface area contributed by atoms with Crippen LogP contribution in [0.3, 0.4) is 0 Å². The van der Waals surface area contributed by atoms with E-state index >= 15 is 0 Å². The second-order valence-electron chi connectivity index (χ2n) is 4.76. The highest BCUT2D eigenvalue weighted by atomic mass is 79.9. The van der Waals surface area contributed by atoms with Crippen molar-refractivity contribution in [1.82, 2.24) is 4.98 Å². The monoisotopic (exact) mass is 360 g/mol. The van der Waals surface area contributed by atoms with Gasteiger partial charge in [0.25, 0.3) is 0 Å². The summed E-state index contributed by atoms with van der Waals surface area (Å²) in [5, 5.41) is 7.06. The highest BCUT2D eigenvalue weighted by Gasteiger charge is 2.17. The zero-order valence-electron chi connectivity index (χ0n) is 10.7. The van der Waals surface area contributed by atoms with Crippen LogP contribution >= 0.6 is 38.6 Å². The van der Waals surface area contributed by atoms with Gasteiger partial charge in [0, 0.05) is 9.85 Å². The van der Waals surface area contributed by atoms with E-state index in [0.717, 1.165) is 15.0 Å². The molecule has 0 saturated heterocycles. The Kier molecular flexibility index (Phi) is 4.27. The van der Waals surface area contributed by atoms with E-state index in [9.17, 15) is 4.79 Å². The van der Waals surface area contributed by atoms with Crippen LogP contribution < -0.4 is 5.32 Å². The molecule has 2 aromatic heterocycles. The van der Waals surface area contributed by atoms with Crippen molar-refractivity contribution in [2.75, 3.05) is 5.32 Å². The molecule has 102 valence electrons. The summed E-state index contributed by atoms with van der Waals surface area (Å²) in [5.41, 5.74) is 0.332. The molecule has 1 N–H and O–H groups in total. The second kappa shape index (κ2) is 5.60. The minimum Gasteiger partial charge on any atom is -0.444 e. The number of carbonyl (C=O) groups is 1. The lowest BCUT2D eigenvalue weighted by molar-refractivity contribution is 0.0636. The van der Waals surface area contributed by atoms with Gasteiger partial charge in [0.15, 0.2) is 5.13 Å². The number of nitrogens with one attached hydrogen (secondary N) is 1. The Morgan fingerprint density at radius 3 is 2.74 bits per heavy atom. The molecule has 0 spiro atoms. The van der Waals surface area contributed by atoms with Crippen LogP contribution in [0.5, 0.6) is 0 Å². The van der Waals surface area contributed by atoms with Gasteiger partial charge in [0.1, 0.15) is 5.60 Å². The van der Waals surface area contributed by atoms with E-state index in [4.69, 9.17) is 4.74 Å². The maximum atomic E-state index is 11.6. The fourth-order valence-electron chi connectivity index (χ4n) is 1.30. The molecule has 0 aromatic carbocycles. The first-order valence-corrected chi connectivity index (χ1v) is 8.09. The fourth-order valence-corrected chi connectivity index (χ4v) is 3.60. The van der Waals surface area contributed by atoms with Crippen molar-refractivity contribution >= 4 is 49.8 Å². The van der Waals surface area contributed by atoms with Gasteiger partial charge in [-0.1, -0.05) is 0 Å². The maximum Gasteiger partial charge on any atom is 0.413 e. The van der Waals surface area contributed by atoms with E-state index in [1.54, 1.807) is 11.3 Å². The van der Waals surface area contributed by atoms with Gasteiger partial charge >= 0.3 is 6.09 Å². The minimum absolute atomic E-state index is 0.487. The molecule has 2 heterocycles. The largest absolute Gasteiger partial charge is 0.444 e. The molecule has 0 fully saturated rings. The second-order valence-corrected chi connectivity index (χ2v) is 7.39. The fraction of sp³-hybridized carbons (Fsp3) is 0.333. The minimum atomic E-state index is -0.513. The quantitative estimate of drug-likeness (QED) is 0.821. The predicted octanol–water partition coefficient (Wildman–Crippen LogP) is 4.98. The molecule has 2 aromatic rings. The van der Waals surface area contributed by atoms with Crippen LogP contribution in [0, 0.1) is 0 Å². The third-order valence-corrected chi connectivity index (χ3v) is 4.58. The van der Waals surface area contributed by atoms with Crippen molar-refractivity contribution in [3.63, 3.8) is 0 Å². The number of carbonyl (C=O) groups excluding carboxylic acids is 1. The Balaban J connectivity index is 2.06. The molecule has 0 radical (unpaired) electrons. The number of aromatic nitrogens is 1. The third-order valence-electron chi connectivity index (χ3n) is 1.96. The number of amides is 1. The Bertz CT molecular complexity index is 587. The van der Waals surface area contributed by atoms with Crippen molar-refractivity contribution in [1.29, 1.82) is 0 Å². The van der Waals surface area contributed by atoms with Crippen LogP contribution in [0.1, 0.15) is 20.8 Å². The smallest absolute Gasteiger partial charge is 0.413 e. The number of rotatable bonds is 2. The van der Waals surface area contributed by atoms with Crippen LogP contribution in [0.25, 0.3) is 10.6 Å². The topological polar surface area (TPSA) is 51.2 Å². The van der Waals surface area contributed by atoms with Crippen molar-refractivity contribution in [2.45, 2.75) is 26.4 Å². The Morgan fingerprint density at radius 1 is 1.42 bits per heavy atom. The van der Waals surface area contributed by atoms with Crippen molar-refractivity contribution < 1.29 is 9.53 Å². The van der Waals surface area contributed by atoms with E-state index in [2.05, 4.69) is 26.2 Å². The number of nitrogens with zero attached hydrogens (tertiary/aromatic N) is 1. The highest BCUT2D eigenvalue weighted by molar-refractivity contribution is 9.10. The zero-order valence-corrected chi connectivity index (χ0v) is 13.9. The number of thiophene rings is 1. The molecule has 0 aliphatic heterocycles. The Hall–Kier alpha value is -0.920. The summed E-state index contributed by atoms with van der Waals surface area (Å²) >= 11 is 6.44. The van der Waals surface area contributed by atoms with Gasteiger partial charge in [-0.25, -0.2) is 9.78 Å². The number of hydrogen-bond donors (Lipinski definition) is 1. The van der Waals surface area contributed by atoms with E-state index < -0.39 is 11.7 Å². The van der Waals surface area contributed by atoms with Crippen LogP contribution in [0.2, 0.25) is 0 Å². The van der Waals surface area contributed by atoms with Gasteiger partial charge < -0.3 is 4.74 Å². The lowest BCUT2D eigenvalue weighted by atomic mass is 10.2. The first-order valence-electron chi connectivity index (χ1n) is 5.54. The number of anilines is 1. The summed E-state index contributed by atoms with van der Waals surface area (Å²) in [5.74, 6) is 0. The number of ether oxygens (including phenoxy) is 1. The first-order chi connectivity index (χ1) is 8.85. The van der Waals surface area contributed by atoms with E-state index in [1.807, 2.05) is 37.6 Å². The predicted molar refractivity (Wildman–Crippen MR) is 83.0 cm³/mol. The third kappa shape index (κ3) is 4.02. The lowest BCUT2D eigenvalue weighted by Gasteiger charge is -2.18. The maximum absolute atomic E-state index is 11.6. The molecule has 0 bridgehead atoms. The average Bonchev–Trinajstić information content (AvgIpc) is 2.83. The molecule has 0 atom stereocenters. The van der Waals surface area contributed by atoms with Crippen LogP contribution in [-0.2, 0) is 4.74 Å². The highest BCUT2D eigenvalue weighted by Crippen LogP contribution is 2.35. The molecular weight excluding hydrogens is 348 g/mol. The molecule has 0 unspecified atom stereocenters. The van der Waals surface area contributed by atoms with Crippen molar-refractivity contribution in [3.05, 3.63) is 21.3 Å². The molecule has 2 rings (SSSR count). The van der Waals surface area contributed by atoms with E-state index in [-0.39, 0.29) is 0 Å². The van der Waals surface area contributed by atoms with Gasteiger partial charge in [-0.2, -0.15) is 0 Å². The molecule has 7 heteroatoms. The average molecular weight is 361 g/mol. The van der Waals surface area contributed by atoms with Gasteiger partial charge in [-0.15, -0.1) is 22.7 Å². The lowest BCUT2D eigenvalue weighted by Crippen LogP contribution is -2.27. The van der Waals surface area contributed by atoms with Crippen LogP contribution in [0.15, 0.2) is 21.3 Å². The summed E-state index contributed by atoms with van der Waals surface area (Å²) in [4.78, 5) is 17.0. The number of thiazole rings is 1. The molecule has 0 aliphatic carbocycles. The summed E-state index contributed by atoms with van der Waals surface area (Å²) in [6.45, 7) is 5.47. The van der Waals surface area contributed by atoms with E-state index in [0.29, 0.717) is 5.13 Å². The molecule has 0 aliphatic rings. The van der Waals surface area contributed by atoms with Crippen molar-refractivity contribution in [2.24, 2.45) is 0 Å². The first kappa shape index (κ1) is 14.5. The summed E-state index contributed by atoms with van der Waals surface area (Å²) in [6, 6.07) is 1.97. The van der Waals surface area contributed by atoms with Crippen LogP contribution in [-0.4, -0.2) is 16.7 Å². The number of hydrogen-bond acceptors (Lipinski definition) is 5. The van der Waals surface area contributed by atoms with Crippen LogP contribution in [0.4, 0.5) is 9.93 Å². The van der Waals surface area contributed by atoms with Gasteiger partial charge in [-0.3, -0.25) is 5.32 Å². The summed E-state index contributed by atoms with van der Waals surface area (Å²) in [6.07, 6.45) is -0.487. The Morgan fingerprint density at radius 2 is 2.16 bits per heavy atom. The zero-order chi connectivity index (χ0) is 14.0. The Labute approximate surface area is 128 Å².